The maximum atomic E-state index is 5.55. The molecular formula is C33H36BrN5. The van der Waals surface area contributed by atoms with Gasteiger partial charge in [0.05, 0.1) is 23.1 Å². The zero-order valence-electron chi connectivity index (χ0n) is 22.4. The SMILES string of the molecule is Brc1ccc(N2C(=Nc3ccccc3)C(=Nc3ccccc3)N(C3CCCCC3)C2=NC2CCCCC2)cc1. The lowest BCUT2D eigenvalue weighted by Crippen LogP contribution is -2.44. The highest BCUT2D eigenvalue weighted by Gasteiger charge is 2.44. The van der Waals surface area contributed by atoms with Gasteiger partial charge in [0.1, 0.15) is 0 Å². The van der Waals surface area contributed by atoms with Crippen LogP contribution in [0.3, 0.4) is 0 Å². The van der Waals surface area contributed by atoms with E-state index in [1.165, 1.54) is 38.5 Å². The lowest BCUT2D eigenvalue weighted by atomic mass is 9.94. The number of para-hydroxylation sites is 2. The smallest absolute Gasteiger partial charge is 0.213 e. The van der Waals surface area contributed by atoms with Gasteiger partial charge < -0.3 is 0 Å². The first-order chi connectivity index (χ1) is 19.3. The molecule has 1 aliphatic heterocycles. The Labute approximate surface area is 240 Å². The summed E-state index contributed by atoms with van der Waals surface area (Å²) in [5, 5.41) is 0. The Morgan fingerprint density at radius 2 is 1.13 bits per heavy atom. The minimum atomic E-state index is 0.326. The van der Waals surface area contributed by atoms with Crippen LogP contribution in [-0.2, 0) is 0 Å². The molecule has 3 fully saturated rings. The third-order valence-electron chi connectivity index (χ3n) is 7.94. The Kier molecular flexibility index (Phi) is 8.19. The largest absolute Gasteiger partial charge is 0.290 e. The standard InChI is InChI=1S/C33H36BrN5/c34-25-21-23-30(24-22-25)39-32(36-27-15-7-2-8-16-27)31(35-26-13-5-1-6-14-26)38(29-19-11-4-12-20-29)33(39)37-28-17-9-3-10-18-28/h1-2,5-8,13-16,21-24,28-29H,3-4,9-12,17-20H2. The van der Waals surface area contributed by atoms with Gasteiger partial charge in [-0.15, -0.1) is 0 Å². The van der Waals surface area contributed by atoms with Crippen LogP contribution in [0.4, 0.5) is 17.1 Å². The summed E-state index contributed by atoms with van der Waals surface area (Å²) in [6.45, 7) is 0. The second-order valence-electron chi connectivity index (χ2n) is 10.7. The van der Waals surface area contributed by atoms with Gasteiger partial charge in [0.15, 0.2) is 11.7 Å². The molecule has 3 aliphatic rings. The van der Waals surface area contributed by atoms with E-state index in [-0.39, 0.29) is 0 Å². The number of hydrogen-bond acceptors (Lipinski definition) is 3. The van der Waals surface area contributed by atoms with E-state index in [1.807, 2.05) is 24.3 Å². The third-order valence-corrected chi connectivity index (χ3v) is 8.46. The van der Waals surface area contributed by atoms with Crippen LogP contribution in [0, 0.1) is 0 Å². The summed E-state index contributed by atoms with van der Waals surface area (Å²) in [5.41, 5.74) is 2.91. The van der Waals surface area contributed by atoms with Crippen LogP contribution < -0.4 is 4.90 Å². The van der Waals surface area contributed by atoms with Crippen molar-refractivity contribution in [1.82, 2.24) is 4.90 Å². The number of rotatable bonds is 5. The van der Waals surface area contributed by atoms with Crippen molar-refractivity contribution < 1.29 is 0 Å². The van der Waals surface area contributed by atoms with E-state index in [0.29, 0.717) is 12.1 Å². The lowest BCUT2D eigenvalue weighted by molar-refractivity contribution is 0.321. The van der Waals surface area contributed by atoms with Crippen molar-refractivity contribution in [1.29, 1.82) is 0 Å². The number of halogens is 1. The molecule has 1 saturated heterocycles. The molecule has 0 aromatic heterocycles. The molecule has 2 saturated carbocycles. The van der Waals surface area contributed by atoms with Gasteiger partial charge in [-0.1, -0.05) is 90.9 Å². The van der Waals surface area contributed by atoms with Gasteiger partial charge in [0.25, 0.3) is 0 Å². The van der Waals surface area contributed by atoms with Crippen molar-refractivity contribution in [2.24, 2.45) is 15.0 Å². The first-order valence-electron chi connectivity index (χ1n) is 14.5. The molecule has 0 N–H and O–H groups in total. The van der Waals surface area contributed by atoms with Crippen molar-refractivity contribution in [2.75, 3.05) is 4.90 Å². The molecule has 6 heteroatoms. The van der Waals surface area contributed by atoms with Crippen LogP contribution in [0.1, 0.15) is 64.2 Å². The van der Waals surface area contributed by atoms with Crippen LogP contribution in [0.5, 0.6) is 0 Å². The fourth-order valence-electron chi connectivity index (χ4n) is 5.96. The molecule has 0 unspecified atom stereocenters. The molecule has 3 aromatic carbocycles. The van der Waals surface area contributed by atoms with Crippen molar-refractivity contribution in [3.8, 4) is 0 Å². The van der Waals surface area contributed by atoms with E-state index >= 15 is 0 Å². The van der Waals surface area contributed by atoms with E-state index in [0.717, 1.165) is 64.8 Å². The topological polar surface area (TPSA) is 43.6 Å². The Hall–Kier alpha value is -3.25. The van der Waals surface area contributed by atoms with Crippen molar-refractivity contribution in [2.45, 2.75) is 76.3 Å². The number of hydrogen-bond donors (Lipinski definition) is 0. The summed E-state index contributed by atoms with van der Waals surface area (Å²) in [6, 6.07) is 29.7. The van der Waals surface area contributed by atoms with Gasteiger partial charge in [-0.3, -0.25) is 9.80 Å². The van der Waals surface area contributed by atoms with Crippen LogP contribution in [0.15, 0.2) is 104 Å². The number of anilines is 1. The lowest BCUT2D eigenvalue weighted by Gasteiger charge is -2.33. The Bertz CT molecular complexity index is 1320. The van der Waals surface area contributed by atoms with Crippen LogP contribution in [0.25, 0.3) is 0 Å². The molecule has 200 valence electrons. The number of amidine groups is 2. The maximum Gasteiger partial charge on any atom is 0.213 e. The zero-order valence-corrected chi connectivity index (χ0v) is 24.0. The molecule has 0 bridgehead atoms. The Morgan fingerprint density at radius 3 is 1.72 bits per heavy atom. The van der Waals surface area contributed by atoms with Gasteiger partial charge in [-0.2, -0.15) is 0 Å². The highest BCUT2D eigenvalue weighted by Crippen LogP contribution is 2.35. The number of guanidine groups is 1. The predicted molar refractivity (Wildman–Crippen MR) is 167 cm³/mol. The summed E-state index contributed by atoms with van der Waals surface area (Å²) >= 11 is 3.64. The molecule has 39 heavy (non-hydrogen) atoms. The minimum Gasteiger partial charge on any atom is -0.290 e. The van der Waals surface area contributed by atoms with Crippen molar-refractivity contribution in [3.63, 3.8) is 0 Å². The summed E-state index contributed by atoms with van der Waals surface area (Å²) in [4.78, 5) is 20.9. The van der Waals surface area contributed by atoms with E-state index in [4.69, 9.17) is 15.0 Å². The molecule has 3 aromatic rings. The van der Waals surface area contributed by atoms with Gasteiger partial charge >= 0.3 is 0 Å². The predicted octanol–water partition coefficient (Wildman–Crippen LogP) is 9.05. The summed E-state index contributed by atoms with van der Waals surface area (Å²) in [5.74, 6) is 2.72. The third kappa shape index (κ3) is 6.01. The van der Waals surface area contributed by atoms with Gasteiger partial charge in [-0.25, -0.2) is 15.0 Å². The second kappa shape index (κ2) is 12.3. The minimum absolute atomic E-state index is 0.326. The molecule has 0 amide bonds. The monoisotopic (exact) mass is 581 g/mol. The zero-order chi connectivity index (χ0) is 26.4. The number of aliphatic imine (C=N–C) groups is 3. The second-order valence-corrected chi connectivity index (χ2v) is 11.7. The Balaban J connectivity index is 1.59. The fourth-order valence-corrected chi connectivity index (χ4v) is 6.22. The Morgan fingerprint density at radius 1 is 0.590 bits per heavy atom. The first-order valence-corrected chi connectivity index (χ1v) is 15.3. The summed E-state index contributed by atoms with van der Waals surface area (Å²) in [7, 11) is 0. The summed E-state index contributed by atoms with van der Waals surface area (Å²) in [6.07, 6.45) is 12.2. The molecule has 1 heterocycles. The van der Waals surface area contributed by atoms with Crippen molar-refractivity contribution in [3.05, 3.63) is 89.4 Å². The quantitative estimate of drug-likeness (QED) is 0.301. The summed E-state index contributed by atoms with van der Waals surface area (Å²) < 4.78 is 1.06. The molecule has 0 spiro atoms. The van der Waals surface area contributed by atoms with Crippen LogP contribution in [0.2, 0.25) is 0 Å². The van der Waals surface area contributed by atoms with E-state index in [1.54, 1.807) is 0 Å². The average molecular weight is 583 g/mol. The van der Waals surface area contributed by atoms with Gasteiger partial charge in [0, 0.05) is 10.5 Å². The van der Waals surface area contributed by atoms with E-state index in [9.17, 15) is 0 Å². The molecule has 6 rings (SSSR count). The first kappa shape index (κ1) is 26.0. The fraction of sp³-hybridized carbons (Fsp3) is 0.364. The average Bonchev–Trinajstić information content (AvgIpc) is 3.27. The van der Waals surface area contributed by atoms with Gasteiger partial charge in [0.2, 0.25) is 5.96 Å². The van der Waals surface area contributed by atoms with E-state index in [2.05, 4.69) is 86.4 Å². The molecule has 0 radical (unpaired) electrons. The number of benzene rings is 3. The maximum absolute atomic E-state index is 5.55. The normalized spacial score (nSPS) is 22.3. The van der Waals surface area contributed by atoms with E-state index < -0.39 is 0 Å². The molecular weight excluding hydrogens is 546 g/mol. The molecule has 2 aliphatic carbocycles. The highest BCUT2D eigenvalue weighted by atomic mass is 79.9. The molecule has 0 atom stereocenters. The molecule has 5 nitrogen and oxygen atoms in total. The van der Waals surface area contributed by atoms with Crippen LogP contribution >= 0.6 is 15.9 Å². The van der Waals surface area contributed by atoms with Crippen LogP contribution in [-0.4, -0.2) is 34.6 Å². The number of nitrogens with zero attached hydrogens (tertiary/aromatic N) is 5. The highest BCUT2D eigenvalue weighted by molar-refractivity contribution is 9.10. The van der Waals surface area contributed by atoms with Crippen molar-refractivity contribution >= 4 is 50.6 Å². The van der Waals surface area contributed by atoms with Gasteiger partial charge in [-0.05, 0) is 74.2 Å².